The number of anilines is 1. The number of hydrogen-bond donors (Lipinski definition) is 3. The first-order chi connectivity index (χ1) is 18.2. The molecule has 6 rings (SSSR count). The second-order valence-electron chi connectivity index (χ2n) is 10.6. The van der Waals surface area contributed by atoms with Crippen LogP contribution in [0.1, 0.15) is 32.9 Å². The van der Waals surface area contributed by atoms with Crippen LogP contribution in [-0.4, -0.2) is 45.6 Å². The van der Waals surface area contributed by atoms with Crippen molar-refractivity contribution >= 4 is 33.4 Å². The van der Waals surface area contributed by atoms with E-state index >= 15 is 0 Å². The molecule has 0 aromatic carbocycles. The summed E-state index contributed by atoms with van der Waals surface area (Å²) in [7, 11) is 0. The van der Waals surface area contributed by atoms with Crippen molar-refractivity contribution in [2.45, 2.75) is 34.1 Å². The molecule has 38 heavy (non-hydrogen) atoms. The molecule has 0 bridgehead atoms. The number of aryl methyl sites for hydroxylation is 1. The summed E-state index contributed by atoms with van der Waals surface area (Å²) in [5, 5.41) is 12.5. The molecule has 1 amide bonds. The monoisotopic (exact) mass is 505 g/mol. The van der Waals surface area contributed by atoms with Crippen molar-refractivity contribution in [3.63, 3.8) is 0 Å². The molecular weight excluding hydrogens is 478 g/mol. The lowest BCUT2D eigenvalue weighted by Gasteiger charge is -2.17. The van der Waals surface area contributed by atoms with Crippen LogP contribution in [0.5, 0.6) is 0 Å². The Hall–Kier alpha value is -4.86. The highest BCUT2D eigenvalue weighted by molar-refractivity contribution is 5.98. The van der Waals surface area contributed by atoms with Crippen LogP contribution >= 0.6 is 0 Å². The van der Waals surface area contributed by atoms with E-state index in [1.807, 2.05) is 56.7 Å². The fourth-order valence-corrected chi connectivity index (χ4v) is 4.52. The second-order valence-corrected chi connectivity index (χ2v) is 10.6. The summed E-state index contributed by atoms with van der Waals surface area (Å²) in [6.45, 7) is 8.05. The highest BCUT2D eigenvalue weighted by Crippen LogP contribution is 2.32. The number of H-pyrrole nitrogens is 2. The van der Waals surface area contributed by atoms with Gasteiger partial charge in [-0.15, -0.1) is 0 Å². The van der Waals surface area contributed by atoms with Crippen molar-refractivity contribution in [2.75, 3.05) is 5.32 Å². The van der Waals surface area contributed by atoms with E-state index in [-0.39, 0.29) is 11.3 Å². The maximum absolute atomic E-state index is 12.4. The van der Waals surface area contributed by atoms with Crippen LogP contribution in [0, 0.1) is 12.3 Å². The van der Waals surface area contributed by atoms with Crippen LogP contribution in [0.2, 0.25) is 0 Å². The molecule has 0 aliphatic rings. The van der Waals surface area contributed by atoms with E-state index in [1.165, 1.54) is 0 Å². The first-order valence-corrected chi connectivity index (χ1v) is 12.3. The van der Waals surface area contributed by atoms with Gasteiger partial charge in [-0.3, -0.25) is 24.4 Å². The number of hydrogen-bond acceptors (Lipinski definition) is 6. The number of aromatic amines is 2. The summed E-state index contributed by atoms with van der Waals surface area (Å²) >= 11 is 0. The van der Waals surface area contributed by atoms with Crippen molar-refractivity contribution < 1.29 is 4.79 Å². The van der Waals surface area contributed by atoms with Crippen LogP contribution in [0.25, 0.3) is 50.3 Å². The molecule has 6 aromatic rings. The number of nitrogens with zero attached hydrogens (tertiary/aromatic N) is 6. The maximum Gasteiger partial charge on any atom is 0.224 e. The Bertz CT molecular complexity index is 1800. The van der Waals surface area contributed by atoms with E-state index in [4.69, 9.17) is 0 Å². The predicted octanol–water partition coefficient (Wildman–Crippen LogP) is 5.43. The second kappa shape index (κ2) is 8.91. The standard InChI is InChI=1S/C28H27N9O/c1-16-14-37(15-32-16)27-20-9-23(34-21(20)5-6-30-27)26-19-8-22(31-13-24(19)35-36-26)17-7-18(12-29-11-17)33-25(38)10-28(2,3)4/h5-9,11-15,34H,10H2,1-4H3,(H,33,38)(H,35,36). The number of pyridine rings is 3. The third kappa shape index (κ3) is 4.52. The number of nitrogens with one attached hydrogen (secondary N) is 3. The highest BCUT2D eigenvalue weighted by atomic mass is 16.1. The lowest BCUT2D eigenvalue weighted by Crippen LogP contribution is -2.19. The van der Waals surface area contributed by atoms with E-state index < -0.39 is 0 Å². The molecule has 10 heteroatoms. The number of rotatable bonds is 5. The molecule has 0 atom stereocenters. The Morgan fingerprint density at radius 2 is 1.89 bits per heavy atom. The average molecular weight is 506 g/mol. The molecule has 0 saturated heterocycles. The van der Waals surface area contributed by atoms with Crippen molar-refractivity contribution in [3.05, 3.63) is 67.3 Å². The Morgan fingerprint density at radius 3 is 2.68 bits per heavy atom. The summed E-state index contributed by atoms with van der Waals surface area (Å²) in [6, 6.07) is 7.86. The van der Waals surface area contributed by atoms with Crippen molar-refractivity contribution in [3.8, 4) is 28.5 Å². The van der Waals surface area contributed by atoms with Gasteiger partial charge in [-0.25, -0.2) is 9.97 Å². The Balaban J connectivity index is 1.36. The summed E-state index contributed by atoms with van der Waals surface area (Å²) in [5.74, 6) is 0.750. The van der Waals surface area contributed by atoms with Crippen LogP contribution in [0.4, 0.5) is 5.69 Å². The normalized spacial score (nSPS) is 11.9. The van der Waals surface area contributed by atoms with E-state index in [9.17, 15) is 4.79 Å². The molecule has 6 aromatic heterocycles. The SMILES string of the molecule is Cc1cn(-c2nccc3[nH]c(-c4n[nH]c5cnc(-c6cncc(NC(=O)CC(C)(C)C)c6)cc45)cc23)cn1. The molecule has 0 spiro atoms. The van der Waals surface area contributed by atoms with Gasteiger partial charge in [0, 0.05) is 41.3 Å². The molecule has 10 nitrogen and oxygen atoms in total. The number of aromatic nitrogens is 8. The van der Waals surface area contributed by atoms with Gasteiger partial charge in [0.2, 0.25) is 5.91 Å². The van der Waals surface area contributed by atoms with Gasteiger partial charge in [-0.2, -0.15) is 5.10 Å². The molecule has 0 aliphatic heterocycles. The molecular formula is C28H27N9O. The van der Waals surface area contributed by atoms with Gasteiger partial charge in [0.15, 0.2) is 0 Å². The third-order valence-corrected chi connectivity index (χ3v) is 6.19. The Kier molecular flexibility index (Phi) is 5.52. The average Bonchev–Trinajstić information content (AvgIpc) is 3.60. The zero-order valence-corrected chi connectivity index (χ0v) is 21.6. The number of amides is 1. The van der Waals surface area contributed by atoms with E-state index in [1.54, 1.807) is 31.1 Å². The van der Waals surface area contributed by atoms with Gasteiger partial charge < -0.3 is 10.3 Å². The van der Waals surface area contributed by atoms with Crippen LogP contribution < -0.4 is 5.32 Å². The van der Waals surface area contributed by atoms with E-state index in [0.29, 0.717) is 12.1 Å². The predicted molar refractivity (Wildman–Crippen MR) is 147 cm³/mol. The quantitative estimate of drug-likeness (QED) is 0.286. The van der Waals surface area contributed by atoms with Crippen LogP contribution in [0.3, 0.4) is 0 Å². The smallest absolute Gasteiger partial charge is 0.224 e. The van der Waals surface area contributed by atoms with Gasteiger partial charge in [0.05, 0.1) is 46.2 Å². The lowest BCUT2D eigenvalue weighted by atomic mass is 9.92. The molecule has 0 unspecified atom stereocenters. The van der Waals surface area contributed by atoms with Gasteiger partial charge in [0.1, 0.15) is 17.8 Å². The number of carbonyl (C=O) groups excluding carboxylic acids is 1. The number of fused-ring (bicyclic) bond motifs is 2. The van der Waals surface area contributed by atoms with Crippen molar-refractivity contribution in [2.24, 2.45) is 5.41 Å². The Morgan fingerprint density at radius 1 is 1.03 bits per heavy atom. The summed E-state index contributed by atoms with van der Waals surface area (Å²) < 4.78 is 1.92. The molecule has 0 saturated carbocycles. The number of carbonyl (C=O) groups is 1. The number of imidazole rings is 1. The van der Waals surface area contributed by atoms with Crippen LogP contribution in [-0.2, 0) is 4.79 Å². The largest absolute Gasteiger partial charge is 0.353 e. The minimum atomic E-state index is -0.101. The summed E-state index contributed by atoms with van der Waals surface area (Å²) in [4.78, 5) is 33.8. The summed E-state index contributed by atoms with van der Waals surface area (Å²) in [5.41, 5.74) is 6.38. The molecule has 0 aliphatic carbocycles. The first-order valence-electron chi connectivity index (χ1n) is 12.3. The maximum atomic E-state index is 12.4. The molecule has 0 radical (unpaired) electrons. The molecule has 3 N–H and O–H groups in total. The summed E-state index contributed by atoms with van der Waals surface area (Å²) in [6.07, 6.45) is 11.0. The molecule has 0 fully saturated rings. The fraction of sp³-hybridized carbons (Fsp3) is 0.214. The first kappa shape index (κ1) is 23.5. The zero-order chi connectivity index (χ0) is 26.4. The lowest BCUT2D eigenvalue weighted by molar-refractivity contribution is -0.117. The van der Waals surface area contributed by atoms with Gasteiger partial charge in [-0.05, 0) is 36.6 Å². The van der Waals surface area contributed by atoms with Gasteiger partial charge in [0.25, 0.3) is 0 Å². The molecule has 190 valence electrons. The van der Waals surface area contributed by atoms with Gasteiger partial charge in [-0.1, -0.05) is 20.8 Å². The zero-order valence-electron chi connectivity index (χ0n) is 21.6. The van der Waals surface area contributed by atoms with Gasteiger partial charge >= 0.3 is 0 Å². The van der Waals surface area contributed by atoms with E-state index in [0.717, 1.165) is 56.0 Å². The van der Waals surface area contributed by atoms with Crippen LogP contribution in [0.15, 0.2) is 61.6 Å². The minimum Gasteiger partial charge on any atom is -0.353 e. The Labute approximate surface area is 218 Å². The topological polar surface area (TPSA) is 130 Å². The van der Waals surface area contributed by atoms with Crippen molar-refractivity contribution in [1.82, 2.24) is 39.7 Å². The molecule has 6 heterocycles. The highest BCUT2D eigenvalue weighted by Gasteiger charge is 2.18. The minimum absolute atomic E-state index is 0.0458. The van der Waals surface area contributed by atoms with Crippen molar-refractivity contribution in [1.29, 1.82) is 0 Å². The fourth-order valence-electron chi connectivity index (χ4n) is 4.52. The van der Waals surface area contributed by atoms with E-state index in [2.05, 4.69) is 46.5 Å². The third-order valence-electron chi connectivity index (χ3n) is 6.19.